The molecule has 2 N–H and O–H groups in total. The van der Waals surface area contributed by atoms with Gasteiger partial charge in [-0.3, -0.25) is 9.59 Å². The molecule has 0 radical (unpaired) electrons. The van der Waals surface area contributed by atoms with Gasteiger partial charge in [-0.15, -0.1) is 11.3 Å². The Morgan fingerprint density at radius 2 is 2.21 bits per heavy atom. The van der Waals surface area contributed by atoms with E-state index >= 15 is 0 Å². The number of amides is 2. The van der Waals surface area contributed by atoms with E-state index in [1.165, 1.54) is 28.0 Å². The van der Waals surface area contributed by atoms with Crippen LogP contribution >= 0.6 is 39.0 Å². The third-order valence-electron chi connectivity index (χ3n) is 5.01. The fraction of sp³-hybridized carbons (Fsp3) is 0.474. The lowest BCUT2D eigenvalue weighted by Crippen LogP contribution is -2.32. The predicted molar refractivity (Wildman–Crippen MR) is 117 cm³/mol. The Morgan fingerprint density at radius 3 is 2.97 bits per heavy atom. The molecular formula is C19H21BrN4O3S2. The van der Waals surface area contributed by atoms with Crippen molar-refractivity contribution in [2.75, 3.05) is 24.7 Å². The van der Waals surface area contributed by atoms with E-state index in [-0.39, 0.29) is 23.6 Å². The fourth-order valence-electron chi connectivity index (χ4n) is 3.60. The molecule has 0 unspecified atom stereocenters. The first-order chi connectivity index (χ1) is 14.1. The number of thioether (sulfide) groups is 1. The summed E-state index contributed by atoms with van der Waals surface area (Å²) in [5, 5.41) is 7.01. The van der Waals surface area contributed by atoms with Gasteiger partial charge in [0.1, 0.15) is 10.7 Å². The van der Waals surface area contributed by atoms with E-state index in [4.69, 9.17) is 4.74 Å². The van der Waals surface area contributed by atoms with Gasteiger partial charge in [-0.1, -0.05) is 11.8 Å². The van der Waals surface area contributed by atoms with Crippen LogP contribution in [-0.2, 0) is 17.6 Å². The normalized spacial score (nSPS) is 17.9. The monoisotopic (exact) mass is 496 g/mol. The number of ether oxygens (including phenoxy) is 1. The number of nitrogens with one attached hydrogen (secondary N) is 2. The van der Waals surface area contributed by atoms with E-state index in [2.05, 4.69) is 36.5 Å². The third-order valence-corrected chi connectivity index (χ3v) is 7.36. The van der Waals surface area contributed by atoms with Gasteiger partial charge < -0.3 is 15.4 Å². The number of thiophene rings is 1. The van der Waals surface area contributed by atoms with E-state index in [1.54, 1.807) is 6.20 Å². The molecule has 1 atom stereocenters. The summed E-state index contributed by atoms with van der Waals surface area (Å²) < 4.78 is 6.11. The summed E-state index contributed by atoms with van der Waals surface area (Å²) in [6, 6.07) is 0. The molecule has 0 saturated carbocycles. The van der Waals surface area contributed by atoms with Gasteiger partial charge in [0, 0.05) is 24.2 Å². The first kappa shape index (κ1) is 20.8. The van der Waals surface area contributed by atoms with E-state index < -0.39 is 0 Å². The molecule has 2 aliphatic rings. The van der Waals surface area contributed by atoms with Crippen molar-refractivity contribution in [1.82, 2.24) is 15.3 Å². The molecule has 2 amide bonds. The number of hydrogen-bond acceptors (Lipinski definition) is 7. The second kappa shape index (κ2) is 9.11. The number of carbonyl (C=O) groups is 2. The Kier molecular flexibility index (Phi) is 6.53. The molecule has 7 nitrogen and oxygen atoms in total. The van der Waals surface area contributed by atoms with Crippen LogP contribution in [0.4, 0.5) is 5.00 Å². The summed E-state index contributed by atoms with van der Waals surface area (Å²) in [5.41, 5.74) is 1.90. The minimum absolute atomic E-state index is 0.0746. The SMILES string of the molecule is CSc1ncc(Br)c(C(=O)Nc2sc3c(c2C(=O)NC[C@H]2CCCO2)CCC3)n1. The number of aromatic nitrogens is 2. The molecular weight excluding hydrogens is 476 g/mol. The molecule has 0 bridgehead atoms. The highest BCUT2D eigenvalue weighted by atomic mass is 79.9. The molecule has 1 aliphatic carbocycles. The van der Waals surface area contributed by atoms with Crippen LogP contribution in [-0.4, -0.2) is 47.3 Å². The Morgan fingerprint density at radius 1 is 1.34 bits per heavy atom. The second-order valence-electron chi connectivity index (χ2n) is 6.91. The number of anilines is 1. The van der Waals surface area contributed by atoms with Gasteiger partial charge in [-0.25, -0.2) is 9.97 Å². The molecule has 2 aromatic rings. The Hall–Kier alpha value is -1.49. The standard InChI is InChI=1S/C19H21BrN4O3S2/c1-28-19-22-9-12(20)15(23-19)17(26)24-18-14(11-5-2-6-13(11)29-18)16(25)21-8-10-4-3-7-27-10/h9-10H,2-8H2,1H3,(H,21,25)(H,24,26)/t10-/m1/s1. The molecule has 154 valence electrons. The number of rotatable bonds is 6. The van der Waals surface area contributed by atoms with Crippen molar-refractivity contribution in [2.24, 2.45) is 0 Å². The zero-order valence-corrected chi connectivity index (χ0v) is 19.1. The van der Waals surface area contributed by atoms with E-state index in [9.17, 15) is 9.59 Å². The van der Waals surface area contributed by atoms with Crippen LogP contribution in [0.3, 0.4) is 0 Å². The number of aryl methyl sites for hydroxylation is 1. The highest BCUT2D eigenvalue weighted by Crippen LogP contribution is 2.39. The Labute approximate surface area is 185 Å². The van der Waals surface area contributed by atoms with Gasteiger partial charge in [-0.2, -0.15) is 0 Å². The molecule has 0 spiro atoms. The summed E-state index contributed by atoms with van der Waals surface area (Å²) in [5.74, 6) is -0.510. The average molecular weight is 497 g/mol. The highest BCUT2D eigenvalue weighted by Gasteiger charge is 2.29. The van der Waals surface area contributed by atoms with Crippen molar-refractivity contribution in [1.29, 1.82) is 0 Å². The van der Waals surface area contributed by atoms with Crippen LogP contribution in [0.25, 0.3) is 0 Å². The van der Waals surface area contributed by atoms with E-state index in [1.807, 2.05) is 6.26 Å². The molecule has 1 fully saturated rings. The number of hydrogen-bond donors (Lipinski definition) is 2. The molecule has 1 aliphatic heterocycles. The van der Waals surface area contributed by atoms with Crippen LogP contribution in [0.5, 0.6) is 0 Å². The molecule has 10 heteroatoms. The van der Waals surface area contributed by atoms with Crippen LogP contribution in [0.1, 0.15) is 50.5 Å². The number of nitrogens with zero attached hydrogens (tertiary/aromatic N) is 2. The predicted octanol–water partition coefficient (Wildman–Crippen LogP) is 3.67. The maximum absolute atomic E-state index is 13.0. The smallest absolute Gasteiger partial charge is 0.276 e. The van der Waals surface area contributed by atoms with Gasteiger partial charge in [0.15, 0.2) is 5.16 Å². The van der Waals surface area contributed by atoms with Gasteiger partial charge >= 0.3 is 0 Å². The minimum Gasteiger partial charge on any atom is -0.376 e. The lowest BCUT2D eigenvalue weighted by molar-refractivity contribution is 0.0858. The van der Waals surface area contributed by atoms with Crippen molar-refractivity contribution in [2.45, 2.75) is 43.4 Å². The molecule has 3 heterocycles. The number of carbonyl (C=O) groups excluding carboxylic acids is 2. The summed E-state index contributed by atoms with van der Waals surface area (Å²) in [6.07, 6.45) is 8.32. The first-order valence-corrected chi connectivity index (χ1v) is 12.3. The highest BCUT2D eigenvalue weighted by molar-refractivity contribution is 9.10. The quantitative estimate of drug-likeness (QED) is 0.468. The molecule has 4 rings (SSSR count). The van der Waals surface area contributed by atoms with Crippen molar-refractivity contribution in [3.8, 4) is 0 Å². The zero-order valence-electron chi connectivity index (χ0n) is 15.9. The number of fused-ring (bicyclic) bond motifs is 1. The van der Waals surface area contributed by atoms with Gasteiger partial charge in [0.2, 0.25) is 0 Å². The third kappa shape index (κ3) is 4.50. The summed E-state index contributed by atoms with van der Waals surface area (Å²) >= 11 is 6.19. The molecule has 2 aromatic heterocycles. The summed E-state index contributed by atoms with van der Waals surface area (Å²) in [4.78, 5) is 35.5. The molecule has 29 heavy (non-hydrogen) atoms. The maximum atomic E-state index is 13.0. The van der Waals surface area contributed by atoms with E-state index in [0.29, 0.717) is 26.7 Å². The van der Waals surface area contributed by atoms with Crippen LogP contribution in [0.2, 0.25) is 0 Å². The molecule has 0 aromatic carbocycles. The summed E-state index contributed by atoms with van der Waals surface area (Å²) in [7, 11) is 0. The first-order valence-electron chi connectivity index (χ1n) is 9.49. The zero-order chi connectivity index (χ0) is 20.4. The van der Waals surface area contributed by atoms with Gasteiger partial charge in [0.05, 0.1) is 16.1 Å². The Bertz CT molecular complexity index is 944. The van der Waals surface area contributed by atoms with Crippen LogP contribution < -0.4 is 10.6 Å². The van der Waals surface area contributed by atoms with Gasteiger partial charge in [-0.05, 0) is 59.9 Å². The topological polar surface area (TPSA) is 93.2 Å². The lowest BCUT2D eigenvalue weighted by Gasteiger charge is -2.13. The minimum atomic E-state index is -0.359. The average Bonchev–Trinajstić information content (AvgIpc) is 3.44. The van der Waals surface area contributed by atoms with Crippen molar-refractivity contribution in [3.63, 3.8) is 0 Å². The fourth-order valence-corrected chi connectivity index (χ4v) is 5.60. The maximum Gasteiger partial charge on any atom is 0.276 e. The Balaban J connectivity index is 1.56. The largest absolute Gasteiger partial charge is 0.376 e. The van der Waals surface area contributed by atoms with Crippen molar-refractivity contribution < 1.29 is 14.3 Å². The number of halogens is 1. The van der Waals surface area contributed by atoms with Crippen molar-refractivity contribution >= 4 is 55.8 Å². The van der Waals surface area contributed by atoms with E-state index in [0.717, 1.165) is 44.3 Å². The van der Waals surface area contributed by atoms with Gasteiger partial charge in [0.25, 0.3) is 11.8 Å². The molecule has 1 saturated heterocycles. The van der Waals surface area contributed by atoms with Crippen LogP contribution in [0.15, 0.2) is 15.8 Å². The lowest BCUT2D eigenvalue weighted by atomic mass is 10.1. The van der Waals surface area contributed by atoms with Crippen LogP contribution in [0, 0.1) is 0 Å². The second-order valence-corrected chi connectivity index (χ2v) is 9.65. The summed E-state index contributed by atoms with van der Waals surface area (Å²) in [6.45, 7) is 1.24. The van der Waals surface area contributed by atoms with Crippen molar-refractivity contribution in [3.05, 3.63) is 32.4 Å².